The molecule has 1 fully saturated rings. The van der Waals surface area contributed by atoms with Crippen molar-refractivity contribution in [3.05, 3.63) is 0 Å². The molecule has 0 aromatic rings. The highest BCUT2D eigenvalue weighted by molar-refractivity contribution is 7.90. The number of hydrogen-bond donors (Lipinski definition) is 1. The van der Waals surface area contributed by atoms with Crippen LogP contribution in [0.15, 0.2) is 0 Å². The molecule has 1 rings (SSSR count). The first-order valence-electron chi connectivity index (χ1n) is 4.08. The Morgan fingerprint density at radius 1 is 1.50 bits per heavy atom. The lowest BCUT2D eigenvalue weighted by atomic mass is 10.3. The number of imide groups is 1. The van der Waals surface area contributed by atoms with Gasteiger partial charge in [-0.05, 0) is 6.92 Å². The molecule has 1 saturated heterocycles. The second-order valence-corrected chi connectivity index (χ2v) is 5.61. The number of amides is 3. The zero-order valence-corrected chi connectivity index (χ0v) is 8.80. The summed E-state index contributed by atoms with van der Waals surface area (Å²) in [6, 6.07) is -0.998. The molecule has 0 bridgehead atoms. The first kappa shape index (κ1) is 11.0. The Morgan fingerprint density at radius 2 is 2.07 bits per heavy atom. The molecular formula is C7H12N2O4S. The van der Waals surface area contributed by atoms with Crippen LogP contribution in [0.25, 0.3) is 0 Å². The van der Waals surface area contributed by atoms with Gasteiger partial charge in [-0.3, -0.25) is 10.1 Å². The standard InChI is InChI=1S/C7H12N2O4S/c1-5(4-14(2,12)13)9-3-6(10)8-7(9)11/h5H,3-4H2,1-2H3,(H,8,10,11). The Kier molecular flexibility index (Phi) is 2.79. The van der Waals surface area contributed by atoms with E-state index in [1.54, 1.807) is 6.92 Å². The highest BCUT2D eigenvalue weighted by Gasteiger charge is 2.31. The van der Waals surface area contributed by atoms with Gasteiger partial charge in [-0.2, -0.15) is 0 Å². The summed E-state index contributed by atoms with van der Waals surface area (Å²) in [4.78, 5) is 23.1. The van der Waals surface area contributed by atoms with E-state index in [-0.39, 0.29) is 12.3 Å². The van der Waals surface area contributed by atoms with Crippen LogP contribution in [0.2, 0.25) is 0 Å². The number of nitrogens with one attached hydrogen (secondary N) is 1. The van der Waals surface area contributed by atoms with Crippen molar-refractivity contribution in [2.75, 3.05) is 18.6 Å². The molecule has 0 aromatic heterocycles. The van der Waals surface area contributed by atoms with E-state index in [4.69, 9.17) is 0 Å². The minimum absolute atomic E-state index is 0.0600. The number of carbonyl (C=O) groups excluding carboxylic acids is 2. The third-order valence-corrected chi connectivity index (χ3v) is 2.99. The highest BCUT2D eigenvalue weighted by Crippen LogP contribution is 2.06. The molecule has 0 aromatic carbocycles. The number of carbonyl (C=O) groups is 2. The number of urea groups is 1. The highest BCUT2D eigenvalue weighted by atomic mass is 32.2. The molecule has 1 N–H and O–H groups in total. The van der Waals surface area contributed by atoms with Gasteiger partial charge >= 0.3 is 6.03 Å². The third-order valence-electron chi connectivity index (χ3n) is 1.90. The molecule has 3 amide bonds. The van der Waals surface area contributed by atoms with E-state index in [0.717, 1.165) is 6.26 Å². The van der Waals surface area contributed by atoms with Gasteiger partial charge < -0.3 is 4.90 Å². The Balaban J connectivity index is 2.66. The van der Waals surface area contributed by atoms with Crippen LogP contribution < -0.4 is 5.32 Å². The first-order valence-corrected chi connectivity index (χ1v) is 6.14. The van der Waals surface area contributed by atoms with Gasteiger partial charge in [-0.1, -0.05) is 0 Å². The molecule has 6 nitrogen and oxygen atoms in total. The summed E-state index contributed by atoms with van der Waals surface area (Å²) < 4.78 is 21.9. The van der Waals surface area contributed by atoms with Gasteiger partial charge in [0.25, 0.3) is 0 Å². The molecule has 0 spiro atoms. The molecule has 14 heavy (non-hydrogen) atoms. The smallest absolute Gasteiger partial charge is 0.311 e. The lowest BCUT2D eigenvalue weighted by Crippen LogP contribution is -2.40. The minimum atomic E-state index is -3.13. The lowest BCUT2D eigenvalue weighted by molar-refractivity contribution is -0.118. The van der Waals surface area contributed by atoms with Gasteiger partial charge in [0.15, 0.2) is 0 Å². The van der Waals surface area contributed by atoms with Crippen LogP contribution >= 0.6 is 0 Å². The quantitative estimate of drug-likeness (QED) is 0.616. The van der Waals surface area contributed by atoms with E-state index in [2.05, 4.69) is 5.32 Å². The summed E-state index contributed by atoms with van der Waals surface area (Å²) in [6.45, 7) is 1.54. The van der Waals surface area contributed by atoms with E-state index >= 15 is 0 Å². The molecule has 1 unspecified atom stereocenters. The third kappa shape index (κ3) is 2.69. The largest absolute Gasteiger partial charge is 0.324 e. The van der Waals surface area contributed by atoms with Gasteiger partial charge in [0.1, 0.15) is 16.4 Å². The van der Waals surface area contributed by atoms with Crippen molar-refractivity contribution in [2.24, 2.45) is 0 Å². The Labute approximate surface area is 82.2 Å². The summed E-state index contributed by atoms with van der Waals surface area (Å²) in [5.41, 5.74) is 0. The van der Waals surface area contributed by atoms with Gasteiger partial charge in [-0.25, -0.2) is 13.2 Å². The average molecular weight is 220 g/mol. The number of hydrogen-bond acceptors (Lipinski definition) is 4. The van der Waals surface area contributed by atoms with Gasteiger partial charge in [0.05, 0.1) is 5.75 Å². The summed E-state index contributed by atoms with van der Waals surface area (Å²) in [6.07, 6.45) is 1.10. The molecule has 0 radical (unpaired) electrons. The van der Waals surface area contributed by atoms with Crippen LogP contribution in [0.5, 0.6) is 0 Å². The number of rotatable bonds is 3. The van der Waals surface area contributed by atoms with Crippen molar-refractivity contribution < 1.29 is 18.0 Å². The summed E-state index contributed by atoms with van der Waals surface area (Å²) in [7, 11) is -3.13. The number of nitrogens with zero attached hydrogens (tertiary/aromatic N) is 1. The van der Waals surface area contributed by atoms with Crippen molar-refractivity contribution in [3.8, 4) is 0 Å². The summed E-state index contributed by atoms with van der Waals surface area (Å²) >= 11 is 0. The van der Waals surface area contributed by atoms with Crippen LogP contribution in [-0.4, -0.2) is 49.9 Å². The van der Waals surface area contributed by atoms with Crippen LogP contribution in [0.1, 0.15) is 6.92 Å². The first-order chi connectivity index (χ1) is 6.29. The fourth-order valence-corrected chi connectivity index (χ4v) is 2.40. The van der Waals surface area contributed by atoms with Gasteiger partial charge in [-0.15, -0.1) is 0 Å². The van der Waals surface area contributed by atoms with Crippen molar-refractivity contribution in [1.29, 1.82) is 0 Å². The summed E-state index contributed by atoms with van der Waals surface area (Å²) in [5.74, 6) is -0.524. The second kappa shape index (κ2) is 3.56. The zero-order chi connectivity index (χ0) is 10.9. The maximum atomic E-state index is 11.1. The molecule has 7 heteroatoms. The van der Waals surface area contributed by atoms with Crippen molar-refractivity contribution in [3.63, 3.8) is 0 Å². The van der Waals surface area contributed by atoms with E-state index in [1.165, 1.54) is 4.90 Å². The SMILES string of the molecule is CC(CS(C)(=O)=O)N1CC(=O)NC1=O. The topological polar surface area (TPSA) is 83.6 Å². The van der Waals surface area contributed by atoms with Gasteiger partial charge in [0.2, 0.25) is 5.91 Å². The number of sulfone groups is 1. The second-order valence-electron chi connectivity index (χ2n) is 3.42. The Morgan fingerprint density at radius 3 is 2.43 bits per heavy atom. The van der Waals surface area contributed by atoms with E-state index < -0.39 is 27.8 Å². The van der Waals surface area contributed by atoms with E-state index in [1.807, 2.05) is 0 Å². The average Bonchev–Trinajstić information content (AvgIpc) is 2.26. The molecule has 1 heterocycles. The molecule has 80 valence electrons. The lowest BCUT2D eigenvalue weighted by Gasteiger charge is -2.20. The minimum Gasteiger partial charge on any atom is -0.311 e. The van der Waals surface area contributed by atoms with Crippen LogP contribution in [0.4, 0.5) is 4.79 Å². The van der Waals surface area contributed by atoms with Crippen LogP contribution in [-0.2, 0) is 14.6 Å². The summed E-state index contributed by atoms with van der Waals surface area (Å²) in [5, 5.41) is 2.09. The van der Waals surface area contributed by atoms with Crippen molar-refractivity contribution in [2.45, 2.75) is 13.0 Å². The molecule has 1 atom stereocenters. The van der Waals surface area contributed by atoms with Gasteiger partial charge in [0, 0.05) is 12.3 Å². The maximum Gasteiger partial charge on any atom is 0.324 e. The Hall–Kier alpha value is -1.11. The predicted octanol–water partition coefficient (Wildman–Crippen LogP) is -1.03. The van der Waals surface area contributed by atoms with E-state index in [9.17, 15) is 18.0 Å². The fourth-order valence-electron chi connectivity index (χ4n) is 1.34. The van der Waals surface area contributed by atoms with Crippen molar-refractivity contribution in [1.82, 2.24) is 10.2 Å². The zero-order valence-electron chi connectivity index (χ0n) is 7.98. The Bertz CT molecular complexity index is 362. The maximum absolute atomic E-state index is 11.1. The van der Waals surface area contributed by atoms with Crippen LogP contribution in [0.3, 0.4) is 0 Å². The monoisotopic (exact) mass is 220 g/mol. The molecule has 0 aliphatic carbocycles. The predicted molar refractivity (Wildman–Crippen MR) is 49.4 cm³/mol. The van der Waals surface area contributed by atoms with Crippen LogP contribution in [0, 0.1) is 0 Å². The van der Waals surface area contributed by atoms with E-state index in [0.29, 0.717) is 0 Å². The van der Waals surface area contributed by atoms with Crippen molar-refractivity contribution >= 4 is 21.8 Å². The molecule has 0 saturated carbocycles. The molecule has 1 aliphatic rings. The fraction of sp³-hybridized carbons (Fsp3) is 0.714. The normalized spacial score (nSPS) is 19.7. The molecular weight excluding hydrogens is 208 g/mol. The molecule has 1 aliphatic heterocycles.